The number of aromatic nitrogens is 2. The first kappa shape index (κ1) is 13.6. The lowest BCUT2D eigenvalue weighted by Crippen LogP contribution is -2.05. The SMILES string of the molecule is CCOc1ccccc1C(O)Cc1cnn(CC)c1. The molecule has 0 aliphatic carbocycles. The molecule has 102 valence electrons. The maximum atomic E-state index is 10.3. The quantitative estimate of drug-likeness (QED) is 0.868. The zero-order valence-electron chi connectivity index (χ0n) is 11.4. The number of para-hydroxylation sites is 1. The molecule has 2 rings (SSSR count). The molecule has 1 aromatic heterocycles. The highest BCUT2D eigenvalue weighted by Gasteiger charge is 2.14. The fourth-order valence-electron chi connectivity index (χ4n) is 2.06. The van der Waals surface area contributed by atoms with E-state index in [2.05, 4.69) is 5.10 Å². The van der Waals surface area contributed by atoms with Crippen LogP contribution in [0.2, 0.25) is 0 Å². The summed E-state index contributed by atoms with van der Waals surface area (Å²) >= 11 is 0. The molecule has 0 aliphatic rings. The fraction of sp³-hybridized carbons (Fsp3) is 0.400. The topological polar surface area (TPSA) is 47.3 Å². The molecule has 0 aliphatic heterocycles. The third kappa shape index (κ3) is 3.35. The van der Waals surface area contributed by atoms with Gasteiger partial charge in [0.25, 0.3) is 0 Å². The first-order chi connectivity index (χ1) is 9.24. The molecule has 0 bridgehead atoms. The molecule has 1 heterocycles. The molecule has 1 unspecified atom stereocenters. The van der Waals surface area contributed by atoms with Gasteiger partial charge in [-0.05, 0) is 25.5 Å². The van der Waals surface area contributed by atoms with E-state index >= 15 is 0 Å². The second-order valence-corrected chi connectivity index (χ2v) is 4.40. The smallest absolute Gasteiger partial charge is 0.125 e. The number of rotatable bonds is 6. The summed E-state index contributed by atoms with van der Waals surface area (Å²) in [6, 6.07) is 7.62. The first-order valence-electron chi connectivity index (χ1n) is 6.65. The molecule has 0 saturated carbocycles. The predicted octanol–water partition coefficient (Wildman–Crippen LogP) is 2.58. The molecular weight excluding hydrogens is 240 g/mol. The molecule has 0 radical (unpaired) electrons. The monoisotopic (exact) mass is 260 g/mol. The van der Waals surface area contributed by atoms with Crippen LogP contribution < -0.4 is 4.74 Å². The third-order valence-corrected chi connectivity index (χ3v) is 3.02. The van der Waals surface area contributed by atoms with Crippen molar-refractivity contribution in [2.75, 3.05) is 6.61 Å². The summed E-state index contributed by atoms with van der Waals surface area (Å²) in [4.78, 5) is 0. The second kappa shape index (κ2) is 6.38. The van der Waals surface area contributed by atoms with E-state index in [9.17, 15) is 5.11 Å². The molecule has 0 fully saturated rings. The molecule has 1 aromatic carbocycles. The van der Waals surface area contributed by atoms with Crippen molar-refractivity contribution < 1.29 is 9.84 Å². The zero-order valence-corrected chi connectivity index (χ0v) is 11.4. The summed E-state index contributed by atoms with van der Waals surface area (Å²) in [5.74, 6) is 0.750. The van der Waals surface area contributed by atoms with Crippen LogP contribution in [0.3, 0.4) is 0 Å². The van der Waals surface area contributed by atoms with Crippen LogP contribution in [-0.4, -0.2) is 21.5 Å². The summed E-state index contributed by atoms with van der Waals surface area (Å²) in [6.45, 7) is 5.41. The number of aliphatic hydroxyl groups excluding tert-OH is 1. The summed E-state index contributed by atoms with van der Waals surface area (Å²) < 4.78 is 7.40. The highest BCUT2D eigenvalue weighted by atomic mass is 16.5. The largest absolute Gasteiger partial charge is 0.493 e. The maximum absolute atomic E-state index is 10.3. The van der Waals surface area contributed by atoms with Crippen LogP contribution in [0.25, 0.3) is 0 Å². The summed E-state index contributed by atoms with van der Waals surface area (Å²) in [7, 11) is 0. The Morgan fingerprint density at radius 2 is 2.11 bits per heavy atom. The Balaban J connectivity index is 2.12. The van der Waals surface area contributed by atoms with Crippen LogP contribution in [0.15, 0.2) is 36.7 Å². The predicted molar refractivity (Wildman–Crippen MR) is 74.2 cm³/mol. The Hall–Kier alpha value is -1.81. The van der Waals surface area contributed by atoms with Gasteiger partial charge in [0.05, 0.1) is 18.9 Å². The Labute approximate surface area is 113 Å². The van der Waals surface area contributed by atoms with Crippen LogP contribution in [0.5, 0.6) is 5.75 Å². The molecule has 0 spiro atoms. The van der Waals surface area contributed by atoms with Crippen molar-refractivity contribution in [2.24, 2.45) is 0 Å². The first-order valence-corrected chi connectivity index (χ1v) is 6.65. The molecule has 2 aromatic rings. The van der Waals surface area contributed by atoms with Gasteiger partial charge in [-0.1, -0.05) is 18.2 Å². The maximum Gasteiger partial charge on any atom is 0.125 e. The summed E-state index contributed by atoms with van der Waals surface area (Å²) in [5, 5.41) is 14.6. The molecule has 19 heavy (non-hydrogen) atoms. The van der Waals surface area contributed by atoms with Gasteiger partial charge >= 0.3 is 0 Å². The minimum atomic E-state index is -0.572. The Kier molecular flexibility index (Phi) is 4.58. The average Bonchev–Trinajstić information content (AvgIpc) is 2.87. The minimum Gasteiger partial charge on any atom is -0.493 e. The van der Waals surface area contributed by atoms with Crippen molar-refractivity contribution in [2.45, 2.75) is 32.9 Å². The van der Waals surface area contributed by atoms with Crippen molar-refractivity contribution in [3.8, 4) is 5.75 Å². The molecule has 1 atom stereocenters. The van der Waals surface area contributed by atoms with Crippen molar-refractivity contribution in [3.63, 3.8) is 0 Å². The van der Waals surface area contributed by atoms with Crippen molar-refractivity contribution in [1.82, 2.24) is 9.78 Å². The van der Waals surface area contributed by atoms with Crippen molar-refractivity contribution in [1.29, 1.82) is 0 Å². The van der Waals surface area contributed by atoms with Gasteiger partial charge in [0.2, 0.25) is 0 Å². The van der Waals surface area contributed by atoms with Crippen molar-refractivity contribution in [3.05, 3.63) is 47.8 Å². The lowest BCUT2D eigenvalue weighted by Gasteiger charge is -2.14. The number of hydrogen-bond acceptors (Lipinski definition) is 3. The fourth-order valence-corrected chi connectivity index (χ4v) is 2.06. The highest BCUT2D eigenvalue weighted by Crippen LogP contribution is 2.27. The van der Waals surface area contributed by atoms with Gasteiger partial charge in [-0.2, -0.15) is 5.10 Å². The zero-order chi connectivity index (χ0) is 13.7. The second-order valence-electron chi connectivity index (χ2n) is 4.40. The van der Waals surface area contributed by atoms with Gasteiger partial charge in [-0.25, -0.2) is 0 Å². The van der Waals surface area contributed by atoms with Crippen LogP contribution >= 0.6 is 0 Å². The standard InChI is InChI=1S/C15H20N2O2/c1-3-17-11-12(10-16-17)9-14(18)13-7-5-6-8-15(13)19-4-2/h5-8,10-11,14,18H,3-4,9H2,1-2H3. The number of hydrogen-bond donors (Lipinski definition) is 1. The Morgan fingerprint density at radius 1 is 1.32 bits per heavy atom. The highest BCUT2D eigenvalue weighted by molar-refractivity contribution is 5.35. The normalized spacial score (nSPS) is 12.4. The van der Waals surface area contributed by atoms with Gasteiger partial charge in [0.15, 0.2) is 0 Å². The average molecular weight is 260 g/mol. The van der Waals surface area contributed by atoms with Gasteiger partial charge in [0.1, 0.15) is 5.75 Å². The lowest BCUT2D eigenvalue weighted by molar-refractivity contribution is 0.172. The van der Waals surface area contributed by atoms with Crippen molar-refractivity contribution >= 4 is 0 Å². The third-order valence-electron chi connectivity index (χ3n) is 3.02. The van der Waals surface area contributed by atoms with E-state index in [0.717, 1.165) is 23.4 Å². The van der Waals surface area contributed by atoms with Gasteiger partial charge in [-0.15, -0.1) is 0 Å². The van der Waals surface area contributed by atoms with E-state index in [0.29, 0.717) is 13.0 Å². The Bertz CT molecular complexity index is 522. The van der Waals surface area contributed by atoms with E-state index in [1.807, 2.05) is 49.0 Å². The number of aliphatic hydroxyl groups is 1. The van der Waals surface area contributed by atoms with E-state index in [-0.39, 0.29) is 0 Å². The Morgan fingerprint density at radius 3 is 2.79 bits per heavy atom. The van der Waals surface area contributed by atoms with E-state index < -0.39 is 6.10 Å². The molecule has 0 amide bonds. The number of ether oxygens (including phenoxy) is 1. The van der Waals surface area contributed by atoms with Crippen LogP contribution in [0, 0.1) is 0 Å². The molecule has 1 N–H and O–H groups in total. The van der Waals surface area contributed by atoms with E-state index in [1.54, 1.807) is 6.20 Å². The van der Waals surface area contributed by atoms with E-state index in [1.165, 1.54) is 0 Å². The van der Waals surface area contributed by atoms with Gasteiger partial charge < -0.3 is 9.84 Å². The van der Waals surface area contributed by atoms with Crippen LogP contribution in [0.1, 0.15) is 31.1 Å². The summed E-state index contributed by atoms with van der Waals surface area (Å²) in [5.41, 5.74) is 1.86. The molecule has 4 heteroatoms. The van der Waals surface area contributed by atoms with Gasteiger partial charge in [-0.3, -0.25) is 4.68 Å². The van der Waals surface area contributed by atoms with E-state index in [4.69, 9.17) is 4.74 Å². The number of benzene rings is 1. The number of nitrogens with zero attached hydrogens (tertiary/aromatic N) is 2. The minimum absolute atomic E-state index is 0.546. The molecule has 4 nitrogen and oxygen atoms in total. The van der Waals surface area contributed by atoms with Crippen LogP contribution in [-0.2, 0) is 13.0 Å². The van der Waals surface area contributed by atoms with Crippen LogP contribution in [0.4, 0.5) is 0 Å². The lowest BCUT2D eigenvalue weighted by atomic mass is 10.0. The molecular formula is C15H20N2O2. The van der Waals surface area contributed by atoms with Gasteiger partial charge in [0, 0.05) is 24.7 Å². The number of aryl methyl sites for hydroxylation is 1. The summed E-state index contributed by atoms with van der Waals surface area (Å²) in [6.07, 6.45) is 3.74. The molecule has 0 saturated heterocycles.